The molecule has 4 heteroatoms. The minimum Gasteiger partial charge on any atom is -0.366 e. The highest BCUT2D eigenvalue weighted by molar-refractivity contribution is 5.68. The van der Waals surface area contributed by atoms with Crippen LogP contribution in [-0.2, 0) is 5.41 Å². The molecule has 0 fully saturated rings. The molecule has 20 heavy (non-hydrogen) atoms. The van der Waals surface area contributed by atoms with Crippen molar-refractivity contribution in [2.45, 2.75) is 65.3 Å². The van der Waals surface area contributed by atoms with Gasteiger partial charge in [-0.05, 0) is 18.9 Å². The lowest BCUT2D eigenvalue weighted by Gasteiger charge is -2.17. The molecule has 1 N–H and O–H groups in total. The summed E-state index contributed by atoms with van der Waals surface area (Å²) in [4.78, 5) is 4.50. The van der Waals surface area contributed by atoms with Crippen molar-refractivity contribution >= 4 is 11.3 Å². The summed E-state index contributed by atoms with van der Waals surface area (Å²) in [6.07, 6.45) is 7.18. The molecular weight excluding hydrogens is 248 g/mol. The fraction of sp³-hybridized carbons (Fsp3) is 0.625. The first kappa shape index (κ1) is 14.8. The van der Waals surface area contributed by atoms with Gasteiger partial charge in [0.2, 0.25) is 0 Å². The number of aromatic nitrogens is 3. The Balaban J connectivity index is 2.36. The van der Waals surface area contributed by atoms with Crippen molar-refractivity contribution in [2.75, 3.05) is 5.32 Å². The van der Waals surface area contributed by atoms with Crippen molar-refractivity contribution in [1.82, 2.24) is 14.6 Å². The van der Waals surface area contributed by atoms with E-state index in [0.717, 1.165) is 23.4 Å². The zero-order valence-electron chi connectivity index (χ0n) is 13.3. The zero-order chi connectivity index (χ0) is 14.8. The van der Waals surface area contributed by atoms with Gasteiger partial charge in [0.15, 0.2) is 5.82 Å². The Kier molecular flexibility index (Phi) is 4.31. The van der Waals surface area contributed by atoms with E-state index >= 15 is 0 Å². The molecule has 0 saturated carbocycles. The normalized spacial score (nSPS) is 13.7. The minimum absolute atomic E-state index is 0.0524. The molecule has 0 amide bonds. The van der Waals surface area contributed by atoms with Gasteiger partial charge in [-0.3, -0.25) is 0 Å². The number of nitrogens with zero attached hydrogens (tertiary/aromatic N) is 3. The van der Waals surface area contributed by atoms with Gasteiger partial charge in [0.1, 0.15) is 5.52 Å². The van der Waals surface area contributed by atoms with Crippen LogP contribution < -0.4 is 5.32 Å². The topological polar surface area (TPSA) is 42.2 Å². The van der Waals surface area contributed by atoms with Crippen LogP contribution in [0.1, 0.15) is 59.6 Å². The Hall–Kier alpha value is -1.58. The summed E-state index contributed by atoms with van der Waals surface area (Å²) in [5.74, 6) is 0.941. The molecule has 2 rings (SSSR count). The summed E-state index contributed by atoms with van der Waals surface area (Å²) >= 11 is 0. The van der Waals surface area contributed by atoms with E-state index in [1.165, 1.54) is 12.8 Å². The molecule has 2 heterocycles. The summed E-state index contributed by atoms with van der Waals surface area (Å²) < 4.78 is 1.93. The van der Waals surface area contributed by atoms with Gasteiger partial charge in [-0.15, -0.1) is 0 Å². The Morgan fingerprint density at radius 3 is 2.65 bits per heavy atom. The van der Waals surface area contributed by atoms with E-state index < -0.39 is 0 Å². The molecule has 0 radical (unpaired) electrons. The van der Waals surface area contributed by atoms with Crippen molar-refractivity contribution in [3.05, 3.63) is 24.2 Å². The van der Waals surface area contributed by atoms with E-state index in [4.69, 9.17) is 0 Å². The maximum Gasteiger partial charge on any atom is 0.152 e. The van der Waals surface area contributed by atoms with Gasteiger partial charge >= 0.3 is 0 Å². The highest BCUT2D eigenvalue weighted by atomic mass is 15.2. The van der Waals surface area contributed by atoms with Gasteiger partial charge in [-0.1, -0.05) is 41.0 Å². The number of nitrogens with one attached hydrogen (secondary N) is 1. The van der Waals surface area contributed by atoms with Gasteiger partial charge < -0.3 is 5.32 Å². The van der Waals surface area contributed by atoms with E-state index in [1.54, 1.807) is 0 Å². The fourth-order valence-corrected chi connectivity index (χ4v) is 2.32. The van der Waals surface area contributed by atoms with Crippen molar-refractivity contribution in [3.8, 4) is 0 Å². The maximum atomic E-state index is 4.66. The van der Waals surface area contributed by atoms with Crippen LogP contribution in [0.4, 0.5) is 5.82 Å². The van der Waals surface area contributed by atoms with Gasteiger partial charge in [0, 0.05) is 23.9 Å². The Bertz CT molecular complexity index is 565. The summed E-state index contributed by atoms with van der Waals surface area (Å²) in [6.45, 7) is 11.0. The Labute approximate surface area is 121 Å². The standard InChI is InChI=1S/C16H26N4/c1-6-8-12(7-2)18-15-13-11-14(16(3,4)5)19-20(13)10-9-17-15/h9-12H,6-8H2,1-5H3,(H,17,18). The molecule has 1 atom stereocenters. The molecule has 2 aromatic heterocycles. The van der Waals surface area contributed by atoms with Crippen LogP contribution >= 0.6 is 0 Å². The van der Waals surface area contributed by atoms with Crippen LogP contribution in [-0.4, -0.2) is 20.6 Å². The van der Waals surface area contributed by atoms with Crippen LogP contribution in [0.25, 0.3) is 5.52 Å². The highest BCUT2D eigenvalue weighted by Crippen LogP contribution is 2.25. The van der Waals surface area contributed by atoms with E-state index in [0.29, 0.717) is 6.04 Å². The average Bonchev–Trinajstić information content (AvgIpc) is 2.83. The van der Waals surface area contributed by atoms with Crippen LogP contribution in [0.5, 0.6) is 0 Å². The number of anilines is 1. The fourth-order valence-electron chi connectivity index (χ4n) is 2.32. The molecular formula is C16H26N4. The quantitative estimate of drug-likeness (QED) is 0.895. The van der Waals surface area contributed by atoms with Gasteiger partial charge in [0.25, 0.3) is 0 Å². The largest absolute Gasteiger partial charge is 0.366 e. The second kappa shape index (κ2) is 5.81. The minimum atomic E-state index is 0.0524. The number of hydrogen-bond donors (Lipinski definition) is 1. The molecule has 110 valence electrons. The lowest BCUT2D eigenvalue weighted by atomic mass is 9.92. The molecule has 0 aromatic carbocycles. The van der Waals surface area contributed by atoms with E-state index in [9.17, 15) is 0 Å². The Morgan fingerprint density at radius 1 is 1.30 bits per heavy atom. The summed E-state index contributed by atoms with van der Waals surface area (Å²) in [6, 6.07) is 2.63. The smallest absolute Gasteiger partial charge is 0.152 e. The highest BCUT2D eigenvalue weighted by Gasteiger charge is 2.19. The maximum absolute atomic E-state index is 4.66. The molecule has 0 saturated heterocycles. The number of rotatable bonds is 5. The lowest BCUT2D eigenvalue weighted by Crippen LogP contribution is -2.19. The second-order valence-corrected chi connectivity index (χ2v) is 6.42. The summed E-state index contributed by atoms with van der Waals surface area (Å²) in [7, 11) is 0. The molecule has 4 nitrogen and oxygen atoms in total. The van der Waals surface area contributed by atoms with Crippen molar-refractivity contribution in [3.63, 3.8) is 0 Å². The van der Waals surface area contributed by atoms with Crippen molar-refractivity contribution < 1.29 is 0 Å². The molecule has 0 aliphatic carbocycles. The van der Waals surface area contributed by atoms with E-state index in [-0.39, 0.29) is 5.41 Å². The number of fused-ring (bicyclic) bond motifs is 1. The molecule has 0 bridgehead atoms. The molecule has 0 spiro atoms. The van der Waals surface area contributed by atoms with Crippen LogP contribution in [0.15, 0.2) is 18.5 Å². The first-order valence-electron chi connectivity index (χ1n) is 7.57. The SMILES string of the molecule is CCCC(CC)Nc1nccn2nc(C(C)(C)C)cc12. The van der Waals surface area contributed by atoms with Crippen LogP contribution in [0.2, 0.25) is 0 Å². The van der Waals surface area contributed by atoms with E-state index in [1.807, 2.05) is 16.9 Å². The summed E-state index contributed by atoms with van der Waals surface area (Å²) in [5, 5.41) is 8.23. The van der Waals surface area contributed by atoms with Crippen molar-refractivity contribution in [2.24, 2.45) is 0 Å². The monoisotopic (exact) mass is 274 g/mol. The third-order valence-corrected chi connectivity index (χ3v) is 3.63. The van der Waals surface area contributed by atoms with Crippen molar-refractivity contribution in [1.29, 1.82) is 0 Å². The van der Waals surface area contributed by atoms with Gasteiger partial charge in [-0.25, -0.2) is 9.50 Å². The molecule has 2 aromatic rings. The summed E-state index contributed by atoms with van der Waals surface area (Å²) in [5.41, 5.74) is 2.21. The third-order valence-electron chi connectivity index (χ3n) is 3.63. The Morgan fingerprint density at radius 2 is 2.05 bits per heavy atom. The predicted octanol–water partition coefficient (Wildman–Crippen LogP) is 4.02. The first-order chi connectivity index (χ1) is 9.45. The molecule has 0 aliphatic rings. The second-order valence-electron chi connectivity index (χ2n) is 6.42. The van der Waals surface area contributed by atoms with E-state index in [2.05, 4.69) is 56.1 Å². The first-order valence-corrected chi connectivity index (χ1v) is 7.57. The zero-order valence-corrected chi connectivity index (χ0v) is 13.3. The molecule has 0 aliphatic heterocycles. The third kappa shape index (κ3) is 3.11. The number of hydrogen-bond acceptors (Lipinski definition) is 3. The van der Waals surface area contributed by atoms with Gasteiger partial charge in [0.05, 0.1) is 5.69 Å². The predicted molar refractivity (Wildman–Crippen MR) is 84.3 cm³/mol. The lowest BCUT2D eigenvalue weighted by molar-refractivity contribution is 0.562. The molecule has 1 unspecified atom stereocenters. The average molecular weight is 274 g/mol. The van der Waals surface area contributed by atoms with Crippen LogP contribution in [0, 0.1) is 0 Å². The van der Waals surface area contributed by atoms with Gasteiger partial charge in [-0.2, -0.15) is 5.10 Å². The van der Waals surface area contributed by atoms with Crippen LogP contribution in [0.3, 0.4) is 0 Å².